The maximum Gasteiger partial charge on any atom is 0.326 e. The van der Waals surface area contributed by atoms with Crippen molar-refractivity contribution in [3.63, 3.8) is 0 Å². The fourth-order valence-corrected chi connectivity index (χ4v) is 4.45. The van der Waals surface area contributed by atoms with E-state index in [0.717, 1.165) is 5.56 Å². The Labute approximate surface area is 235 Å². The minimum Gasteiger partial charge on any atom is -0.489 e. The molecule has 0 unspecified atom stereocenters. The molecular formula is C28H26Cl2N2O7. The quantitative estimate of drug-likeness (QED) is 0.329. The molecule has 0 saturated carbocycles. The highest BCUT2D eigenvalue weighted by molar-refractivity contribution is 6.35. The zero-order valence-corrected chi connectivity index (χ0v) is 22.4. The van der Waals surface area contributed by atoms with Crippen molar-refractivity contribution < 1.29 is 33.7 Å². The van der Waals surface area contributed by atoms with Crippen molar-refractivity contribution in [2.45, 2.75) is 38.2 Å². The van der Waals surface area contributed by atoms with Crippen molar-refractivity contribution in [1.82, 2.24) is 5.32 Å². The van der Waals surface area contributed by atoms with Crippen LogP contribution in [0.3, 0.4) is 0 Å². The molecule has 1 heterocycles. The van der Waals surface area contributed by atoms with Gasteiger partial charge in [0.05, 0.1) is 0 Å². The van der Waals surface area contributed by atoms with E-state index in [9.17, 15) is 19.5 Å². The summed E-state index contributed by atoms with van der Waals surface area (Å²) in [4.78, 5) is 37.6. The summed E-state index contributed by atoms with van der Waals surface area (Å²) in [6, 6.07) is 17.8. The Balaban J connectivity index is 1.35. The lowest BCUT2D eigenvalue weighted by atomic mass is 10.0. The molecule has 3 N–H and O–H groups in total. The fraction of sp³-hybridized carbons (Fsp3) is 0.250. The Kier molecular flexibility index (Phi) is 9.42. The number of hydrogen-bond acceptors (Lipinski definition) is 6. The Bertz CT molecular complexity index is 1330. The average Bonchev–Trinajstić information content (AvgIpc) is 3.41. The van der Waals surface area contributed by atoms with Gasteiger partial charge >= 0.3 is 5.97 Å². The van der Waals surface area contributed by atoms with E-state index in [2.05, 4.69) is 10.6 Å². The first kappa shape index (κ1) is 28.4. The zero-order chi connectivity index (χ0) is 27.9. The molecule has 1 aliphatic heterocycles. The lowest BCUT2D eigenvalue weighted by Crippen LogP contribution is -2.51. The smallest absolute Gasteiger partial charge is 0.326 e. The van der Waals surface area contributed by atoms with Crippen LogP contribution in [0.15, 0.2) is 66.7 Å². The summed E-state index contributed by atoms with van der Waals surface area (Å²) >= 11 is 12.3. The molecule has 11 heteroatoms. The molecule has 0 radical (unpaired) electrons. The van der Waals surface area contributed by atoms with Gasteiger partial charge in [0.25, 0.3) is 11.8 Å². The molecule has 1 fully saturated rings. The Morgan fingerprint density at radius 1 is 0.949 bits per heavy atom. The number of anilines is 1. The van der Waals surface area contributed by atoms with Crippen LogP contribution in [0.5, 0.6) is 5.75 Å². The van der Waals surface area contributed by atoms with Crippen molar-refractivity contribution in [2.75, 3.05) is 12.1 Å². The van der Waals surface area contributed by atoms with Gasteiger partial charge in [-0.2, -0.15) is 0 Å². The third kappa shape index (κ3) is 7.27. The third-order valence-electron chi connectivity index (χ3n) is 6.11. The first-order valence-electron chi connectivity index (χ1n) is 12.0. The van der Waals surface area contributed by atoms with Crippen LogP contribution >= 0.6 is 23.2 Å². The standard InChI is InChI=1S/C28H26Cl2N2O7/c1-16-5-2-3-8-22(16)31-26(33)24-25(39-15-38-24)27(34)32-23(28(35)36)13-17-9-11-18(12-10-17)37-14-19-20(29)6-4-7-21(19)30/h2-12,23-25H,13-15H2,1H3,(H,31,33)(H,32,34)(H,35,36)/t23-,24+,25+/m0/s1. The van der Waals surface area contributed by atoms with E-state index in [1.807, 2.05) is 19.1 Å². The Morgan fingerprint density at radius 3 is 2.23 bits per heavy atom. The van der Waals surface area contributed by atoms with Crippen LogP contribution in [0.2, 0.25) is 10.0 Å². The maximum absolute atomic E-state index is 12.9. The molecule has 0 aromatic heterocycles. The molecular weight excluding hydrogens is 547 g/mol. The van der Waals surface area contributed by atoms with Crippen molar-refractivity contribution in [1.29, 1.82) is 0 Å². The van der Waals surface area contributed by atoms with E-state index < -0.39 is 36.0 Å². The van der Waals surface area contributed by atoms with Gasteiger partial charge in [-0.05, 0) is 48.4 Å². The summed E-state index contributed by atoms with van der Waals surface area (Å²) in [7, 11) is 0. The summed E-state index contributed by atoms with van der Waals surface area (Å²) < 4.78 is 16.4. The topological polar surface area (TPSA) is 123 Å². The minimum atomic E-state index is -1.30. The van der Waals surface area contributed by atoms with Crippen LogP contribution in [-0.4, -0.2) is 47.9 Å². The van der Waals surface area contributed by atoms with Gasteiger partial charge in [-0.1, -0.05) is 59.6 Å². The lowest BCUT2D eigenvalue weighted by molar-refractivity contribution is -0.144. The van der Waals surface area contributed by atoms with Gasteiger partial charge in [0, 0.05) is 27.7 Å². The summed E-state index contributed by atoms with van der Waals surface area (Å²) in [5.74, 6) is -2.04. The second-order valence-corrected chi connectivity index (χ2v) is 9.65. The monoisotopic (exact) mass is 572 g/mol. The minimum absolute atomic E-state index is 0.00859. The van der Waals surface area contributed by atoms with E-state index in [1.54, 1.807) is 54.6 Å². The third-order valence-corrected chi connectivity index (χ3v) is 6.82. The molecule has 0 aliphatic carbocycles. The number of carboxylic acid groups (broad SMARTS) is 1. The van der Waals surface area contributed by atoms with Gasteiger partial charge in [-0.25, -0.2) is 4.79 Å². The molecule has 2 amide bonds. The number of rotatable bonds is 10. The SMILES string of the molecule is Cc1ccccc1NC(=O)[C@@H]1OCO[C@H]1C(=O)N[C@@H](Cc1ccc(OCc2c(Cl)cccc2Cl)cc1)C(=O)O. The Hall–Kier alpha value is -3.63. The van der Waals surface area contributed by atoms with Crippen LogP contribution in [0, 0.1) is 6.92 Å². The highest BCUT2D eigenvalue weighted by Crippen LogP contribution is 2.26. The van der Waals surface area contributed by atoms with E-state index in [1.165, 1.54) is 0 Å². The highest BCUT2D eigenvalue weighted by atomic mass is 35.5. The number of carbonyl (C=O) groups is 3. The number of carbonyl (C=O) groups excluding carboxylic acids is 2. The van der Waals surface area contributed by atoms with Crippen LogP contribution in [0.25, 0.3) is 0 Å². The molecule has 9 nitrogen and oxygen atoms in total. The molecule has 204 valence electrons. The summed E-state index contributed by atoms with van der Waals surface area (Å²) in [6.45, 7) is 1.71. The molecule has 0 spiro atoms. The number of amides is 2. The normalized spacial score (nSPS) is 17.3. The van der Waals surface area contributed by atoms with E-state index in [4.69, 9.17) is 37.4 Å². The van der Waals surface area contributed by atoms with Crippen LogP contribution < -0.4 is 15.4 Å². The molecule has 3 aromatic rings. The lowest BCUT2D eigenvalue weighted by Gasteiger charge is -2.20. The van der Waals surface area contributed by atoms with Crippen molar-refractivity contribution in [3.8, 4) is 5.75 Å². The van der Waals surface area contributed by atoms with E-state index in [-0.39, 0.29) is 19.8 Å². The number of carboxylic acids is 1. The number of benzene rings is 3. The van der Waals surface area contributed by atoms with Gasteiger partial charge in [-0.15, -0.1) is 0 Å². The van der Waals surface area contributed by atoms with E-state index in [0.29, 0.717) is 32.6 Å². The average molecular weight is 573 g/mol. The second-order valence-electron chi connectivity index (χ2n) is 8.83. The van der Waals surface area contributed by atoms with Gasteiger partial charge in [0.15, 0.2) is 12.2 Å². The molecule has 1 saturated heterocycles. The van der Waals surface area contributed by atoms with Crippen molar-refractivity contribution in [3.05, 3.63) is 93.5 Å². The number of para-hydroxylation sites is 1. The number of nitrogens with one attached hydrogen (secondary N) is 2. The first-order valence-corrected chi connectivity index (χ1v) is 12.8. The maximum atomic E-state index is 12.9. The van der Waals surface area contributed by atoms with Crippen LogP contribution in [-0.2, 0) is 36.9 Å². The van der Waals surface area contributed by atoms with Gasteiger partial charge in [0.2, 0.25) is 0 Å². The molecule has 3 aromatic carbocycles. The molecule has 3 atom stereocenters. The van der Waals surface area contributed by atoms with Crippen molar-refractivity contribution in [2.24, 2.45) is 0 Å². The van der Waals surface area contributed by atoms with Crippen molar-refractivity contribution >= 4 is 46.7 Å². The number of aryl methyl sites for hydroxylation is 1. The second kappa shape index (κ2) is 12.9. The van der Waals surface area contributed by atoms with E-state index >= 15 is 0 Å². The number of ether oxygens (including phenoxy) is 3. The number of aliphatic carboxylic acids is 1. The predicted molar refractivity (Wildman–Crippen MR) is 145 cm³/mol. The largest absolute Gasteiger partial charge is 0.489 e. The van der Waals surface area contributed by atoms with Gasteiger partial charge in [0.1, 0.15) is 25.2 Å². The van der Waals surface area contributed by atoms with Gasteiger partial charge < -0.3 is 30.0 Å². The summed E-state index contributed by atoms with van der Waals surface area (Å²) in [5.41, 5.74) is 2.70. The Morgan fingerprint density at radius 2 is 1.59 bits per heavy atom. The summed E-state index contributed by atoms with van der Waals surface area (Å²) in [6.07, 6.45) is -2.55. The predicted octanol–water partition coefficient (Wildman–Crippen LogP) is 4.37. The van der Waals surface area contributed by atoms with Gasteiger partial charge in [-0.3, -0.25) is 9.59 Å². The first-order chi connectivity index (χ1) is 18.7. The molecule has 39 heavy (non-hydrogen) atoms. The molecule has 1 aliphatic rings. The van der Waals surface area contributed by atoms with Crippen LogP contribution in [0.4, 0.5) is 5.69 Å². The molecule has 4 rings (SSSR count). The highest BCUT2D eigenvalue weighted by Gasteiger charge is 2.41. The molecule has 0 bridgehead atoms. The summed E-state index contributed by atoms with van der Waals surface area (Å²) in [5, 5.41) is 15.9. The zero-order valence-electron chi connectivity index (χ0n) is 20.9. The fourth-order valence-electron chi connectivity index (χ4n) is 3.94. The number of hydrogen-bond donors (Lipinski definition) is 3. The number of halogens is 2. The van der Waals surface area contributed by atoms with Crippen LogP contribution in [0.1, 0.15) is 16.7 Å².